The molecule has 1 aromatic carbocycles. The molecule has 0 aliphatic carbocycles. The zero-order chi connectivity index (χ0) is 12.3. The van der Waals surface area contributed by atoms with E-state index in [4.69, 9.17) is 4.74 Å². The monoisotopic (exact) mass is 299 g/mol. The number of ether oxygens (including phenoxy) is 1. The summed E-state index contributed by atoms with van der Waals surface area (Å²) in [5.41, 5.74) is 1.12. The van der Waals surface area contributed by atoms with Gasteiger partial charge < -0.3 is 15.2 Å². The van der Waals surface area contributed by atoms with Crippen LogP contribution in [0.5, 0.6) is 5.75 Å². The summed E-state index contributed by atoms with van der Waals surface area (Å²) in [5, 5.41) is 13.4. The Balaban J connectivity index is 2.00. The second kappa shape index (κ2) is 5.85. The van der Waals surface area contributed by atoms with Gasteiger partial charge in [0.05, 0.1) is 17.7 Å². The molecule has 1 aromatic rings. The van der Waals surface area contributed by atoms with Gasteiger partial charge in [0.15, 0.2) is 0 Å². The number of benzene rings is 1. The summed E-state index contributed by atoms with van der Waals surface area (Å²) in [6.07, 6.45) is 2.60. The van der Waals surface area contributed by atoms with E-state index in [0.29, 0.717) is 6.42 Å². The zero-order valence-corrected chi connectivity index (χ0v) is 11.5. The number of hydrogen-bond acceptors (Lipinski definition) is 3. The fourth-order valence-corrected chi connectivity index (χ4v) is 2.85. The van der Waals surface area contributed by atoms with Gasteiger partial charge in [0, 0.05) is 6.04 Å². The van der Waals surface area contributed by atoms with E-state index < -0.39 is 0 Å². The van der Waals surface area contributed by atoms with Crippen molar-refractivity contribution in [3.05, 3.63) is 28.2 Å². The van der Waals surface area contributed by atoms with Crippen LogP contribution in [0.15, 0.2) is 22.7 Å². The number of aliphatic hydroxyl groups excluding tert-OH is 1. The van der Waals surface area contributed by atoms with Crippen LogP contribution in [-0.4, -0.2) is 30.9 Å². The van der Waals surface area contributed by atoms with Gasteiger partial charge in [-0.1, -0.05) is 6.07 Å². The molecule has 3 nitrogen and oxygen atoms in total. The van der Waals surface area contributed by atoms with E-state index in [1.807, 2.05) is 18.2 Å². The number of hydrogen-bond donors (Lipinski definition) is 2. The van der Waals surface area contributed by atoms with Gasteiger partial charge in [-0.05, 0) is 59.4 Å². The number of rotatable bonds is 4. The highest BCUT2D eigenvalue weighted by Gasteiger charge is 2.22. The minimum absolute atomic E-state index is 0.246. The van der Waals surface area contributed by atoms with Crippen LogP contribution in [0.4, 0.5) is 0 Å². The van der Waals surface area contributed by atoms with E-state index >= 15 is 0 Å². The smallest absolute Gasteiger partial charge is 0.133 e. The average molecular weight is 300 g/mol. The number of nitrogens with one attached hydrogen (secondary N) is 1. The number of methoxy groups -OCH3 is 1. The summed E-state index contributed by atoms with van der Waals surface area (Å²) < 4.78 is 6.12. The molecular weight excluding hydrogens is 282 g/mol. The van der Waals surface area contributed by atoms with Crippen LogP contribution in [0.1, 0.15) is 18.4 Å². The van der Waals surface area contributed by atoms with Crippen molar-refractivity contribution in [2.45, 2.75) is 31.4 Å². The molecule has 2 atom stereocenters. The summed E-state index contributed by atoms with van der Waals surface area (Å²) >= 11 is 3.46. The van der Waals surface area contributed by atoms with E-state index in [1.54, 1.807) is 7.11 Å². The molecule has 4 heteroatoms. The van der Waals surface area contributed by atoms with Crippen LogP contribution < -0.4 is 10.1 Å². The predicted octanol–water partition coefficient (Wildman–Crippen LogP) is 2.11. The lowest BCUT2D eigenvalue weighted by atomic mass is 10.0. The van der Waals surface area contributed by atoms with Crippen molar-refractivity contribution in [3.63, 3.8) is 0 Å². The van der Waals surface area contributed by atoms with E-state index in [2.05, 4.69) is 21.2 Å². The molecule has 1 aliphatic rings. The first-order valence-corrected chi connectivity index (χ1v) is 6.74. The summed E-state index contributed by atoms with van der Waals surface area (Å²) in [6.45, 7) is 1.02. The van der Waals surface area contributed by atoms with Crippen LogP contribution >= 0.6 is 15.9 Å². The second-order valence-corrected chi connectivity index (χ2v) is 5.30. The molecule has 2 rings (SSSR count). The first kappa shape index (κ1) is 12.9. The molecule has 0 saturated carbocycles. The van der Waals surface area contributed by atoms with Crippen molar-refractivity contribution >= 4 is 15.9 Å². The zero-order valence-electron chi connectivity index (χ0n) is 9.95. The van der Waals surface area contributed by atoms with Crippen molar-refractivity contribution in [1.82, 2.24) is 5.32 Å². The lowest BCUT2D eigenvalue weighted by molar-refractivity contribution is 0.136. The molecule has 1 aliphatic heterocycles. The molecule has 1 heterocycles. The third-order valence-electron chi connectivity index (χ3n) is 3.22. The maximum atomic E-state index is 10.1. The molecule has 0 radical (unpaired) electrons. The molecule has 0 spiro atoms. The van der Waals surface area contributed by atoms with Gasteiger partial charge in [0.1, 0.15) is 5.75 Å². The Bertz CT molecular complexity index is 378. The van der Waals surface area contributed by atoms with Gasteiger partial charge in [-0.25, -0.2) is 0 Å². The van der Waals surface area contributed by atoms with E-state index in [-0.39, 0.29) is 12.1 Å². The maximum Gasteiger partial charge on any atom is 0.133 e. The standard InChI is InChI=1S/C13H18BrNO2/c1-17-13-5-4-9(7-10(13)14)8-12(16)11-3-2-6-15-11/h4-5,7,11-12,15-16H,2-3,6,8H2,1H3. The summed E-state index contributed by atoms with van der Waals surface area (Å²) in [7, 11) is 1.65. The third-order valence-corrected chi connectivity index (χ3v) is 3.84. The van der Waals surface area contributed by atoms with Gasteiger partial charge in [0.25, 0.3) is 0 Å². The lowest BCUT2D eigenvalue weighted by Crippen LogP contribution is -2.36. The Morgan fingerprint density at radius 1 is 1.59 bits per heavy atom. The highest BCUT2D eigenvalue weighted by molar-refractivity contribution is 9.10. The lowest BCUT2D eigenvalue weighted by Gasteiger charge is -2.18. The Morgan fingerprint density at radius 3 is 3.00 bits per heavy atom. The van der Waals surface area contributed by atoms with Gasteiger partial charge >= 0.3 is 0 Å². The minimum Gasteiger partial charge on any atom is -0.496 e. The van der Waals surface area contributed by atoms with Gasteiger partial charge in [-0.2, -0.15) is 0 Å². The first-order chi connectivity index (χ1) is 8.20. The molecule has 1 saturated heterocycles. The molecule has 2 N–H and O–H groups in total. The predicted molar refractivity (Wildman–Crippen MR) is 71.4 cm³/mol. The SMILES string of the molecule is COc1ccc(CC(O)C2CCCN2)cc1Br. The molecule has 17 heavy (non-hydrogen) atoms. The number of halogens is 1. The average Bonchev–Trinajstić information content (AvgIpc) is 2.82. The highest BCUT2D eigenvalue weighted by Crippen LogP contribution is 2.26. The van der Waals surface area contributed by atoms with Gasteiger partial charge in [0.2, 0.25) is 0 Å². The maximum absolute atomic E-state index is 10.1. The number of aliphatic hydroxyl groups is 1. The summed E-state index contributed by atoms with van der Waals surface area (Å²) in [6, 6.07) is 6.18. The molecule has 0 aromatic heterocycles. The Morgan fingerprint density at radius 2 is 2.41 bits per heavy atom. The van der Waals surface area contributed by atoms with E-state index in [9.17, 15) is 5.11 Å². The van der Waals surface area contributed by atoms with Crippen molar-refractivity contribution in [1.29, 1.82) is 0 Å². The molecule has 0 bridgehead atoms. The Kier molecular flexibility index (Phi) is 4.42. The van der Waals surface area contributed by atoms with Crippen molar-refractivity contribution in [2.75, 3.05) is 13.7 Å². The second-order valence-electron chi connectivity index (χ2n) is 4.44. The van der Waals surface area contributed by atoms with Crippen molar-refractivity contribution < 1.29 is 9.84 Å². The summed E-state index contributed by atoms with van der Waals surface area (Å²) in [4.78, 5) is 0. The van der Waals surface area contributed by atoms with Crippen LogP contribution in [0.2, 0.25) is 0 Å². The highest BCUT2D eigenvalue weighted by atomic mass is 79.9. The van der Waals surface area contributed by atoms with Crippen LogP contribution in [0, 0.1) is 0 Å². The molecule has 0 amide bonds. The van der Waals surface area contributed by atoms with Crippen LogP contribution in [0.3, 0.4) is 0 Å². The molecule has 94 valence electrons. The molecular formula is C13H18BrNO2. The Hall–Kier alpha value is -0.580. The quantitative estimate of drug-likeness (QED) is 0.895. The van der Waals surface area contributed by atoms with Crippen molar-refractivity contribution in [2.24, 2.45) is 0 Å². The Labute approximate surface area is 110 Å². The van der Waals surface area contributed by atoms with E-state index in [1.165, 1.54) is 0 Å². The topological polar surface area (TPSA) is 41.5 Å². The largest absolute Gasteiger partial charge is 0.496 e. The van der Waals surface area contributed by atoms with Crippen LogP contribution in [0.25, 0.3) is 0 Å². The first-order valence-electron chi connectivity index (χ1n) is 5.94. The fraction of sp³-hybridized carbons (Fsp3) is 0.538. The van der Waals surface area contributed by atoms with Crippen LogP contribution in [-0.2, 0) is 6.42 Å². The third kappa shape index (κ3) is 3.21. The molecule has 2 unspecified atom stereocenters. The summed E-state index contributed by atoms with van der Waals surface area (Å²) in [5.74, 6) is 0.822. The van der Waals surface area contributed by atoms with Crippen molar-refractivity contribution in [3.8, 4) is 5.75 Å². The van der Waals surface area contributed by atoms with E-state index in [0.717, 1.165) is 35.2 Å². The van der Waals surface area contributed by atoms with Gasteiger partial charge in [-0.3, -0.25) is 0 Å². The normalized spacial score (nSPS) is 21.5. The molecule has 1 fully saturated rings. The fourth-order valence-electron chi connectivity index (χ4n) is 2.26. The van der Waals surface area contributed by atoms with Gasteiger partial charge in [-0.15, -0.1) is 0 Å². The minimum atomic E-state index is -0.308.